The lowest BCUT2D eigenvalue weighted by atomic mass is 10.0. The van der Waals surface area contributed by atoms with Crippen molar-refractivity contribution in [2.75, 3.05) is 12.4 Å². The van der Waals surface area contributed by atoms with Gasteiger partial charge in [0.15, 0.2) is 11.5 Å². The smallest absolute Gasteiger partial charge is 0.266 e. The van der Waals surface area contributed by atoms with Crippen LogP contribution in [0.4, 0.5) is 5.69 Å². The van der Waals surface area contributed by atoms with E-state index in [-0.39, 0.29) is 5.57 Å². The first-order valence-electron chi connectivity index (χ1n) is 13.7. The summed E-state index contributed by atoms with van der Waals surface area (Å²) >= 11 is 8.11. The fourth-order valence-electron chi connectivity index (χ4n) is 4.64. The minimum Gasteiger partial charge on any atom is -0.493 e. The zero-order valence-electron chi connectivity index (χ0n) is 24.1. The first kappa shape index (κ1) is 30.9. The number of ether oxygens (including phenoxy) is 3. The second kappa shape index (κ2) is 14.3. The van der Waals surface area contributed by atoms with E-state index in [9.17, 15) is 10.1 Å². The molecule has 6 nitrogen and oxygen atoms in total. The molecule has 0 unspecified atom stereocenters. The lowest BCUT2D eigenvalue weighted by Gasteiger charge is -2.16. The summed E-state index contributed by atoms with van der Waals surface area (Å²) in [6, 6.07) is 32.4. The fourth-order valence-corrected chi connectivity index (χ4v) is 5.55. The molecule has 0 bridgehead atoms. The number of fused-ring (bicyclic) bond motifs is 1. The number of rotatable bonds is 10. The summed E-state index contributed by atoms with van der Waals surface area (Å²) in [5.41, 5.74) is 4.36. The number of hydrogen-bond acceptors (Lipinski definition) is 5. The van der Waals surface area contributed by atoms with E-state index in [4.69, 9.17) is 25.8 Å². The van der Waals surface area contributed by atoms with E-state index in [1.54, 1.807) is 37.4 Å². The third-order valence-corrected chi connectivity index (χ3v) is 8.05. The number of carbonyl (C=O) groups is 1. The van der Waals surface area contributed by atoms with E-state index in [0.717, 1.165) is 31.0 Å². The van der Waals surface area contributed by atoms with Gasteiger partial charge in [0, 0.05) is 16.3 Å². The molecule has 0 aliphatic rings. The quantitative estimate of drug-likeness (QED) is 0.0887. The van der Waals surface area contributed by atoms with Gasteiger partial charge in [-0.1, -0.05) is 60.1 Å². The minimum atomic E-state index is -0.525. The van der Waals surface area contributed by atoms with Crippen LogP contribution in [0.2, 0.25) is 5.02 Å². The van der Waals surface area contributed by atoms with Crippen LogP contribution in [0.25, 0.3) is 16.8 Å². The molecule has 0 saturated carbocycles. The van der Waals surface area contributed by atoms with Gasteiger partial charge < -0.3 is 19.5 Å². The van der Waals surface area contributed by atoms with Crippen molar-refractivity contribution < 1.29 is 19.0 Å². The molecule has 0 aliphatic carbocycles. The Labute approximate surface area is 275 Å². The standard InChI is InChI=1S/C36H28ClIN2O4/c1-23-7-10-26-5-3-4-6-31(26)32(23)22-44-35-33(38)18-25(19-34(35)42-2)17-27(20-39)36(41)40-29-13-15-30(16-14-29)43-21-24-8-11-28(37)12-9-24/h3-19H,21-22H2,1-2H3,(H,40,41)/b27-17+. The number of halogens is 2. The van der Waals surface area contributed by atoms with E-state index < -0.39 is 5.91 Å². The molecule has 1 N–H and O–H groups in total. The maximum absolute atomic E-state index is 13.0. The van der Waals surface area contributed by atoms with Crippen LogP contribution in [0.1, 0.15) is 22.3 Å². The van der Waals surface area contributed by atoms with Gasteiger partial charge in [-0.3, -0.25) is 4.79 Å². The molecule has 0 saturated heterocycles. The van der Waals surface area contributed by atoms with Gasteiger partial charge in [-0.05, 0) is 112 Å². The fraction of sp³-hybridized carbons (Fsp3) is 0.111. The van der Waals surface area contributed by atoms with Crippen molar-refractivity contribution in [3.05, 3.63) is 133 Å². The molecule has 0 heterocycles. The summed E-state index contributed by atoms with van der Waals surface area (Å²) in [6.45, 7) is 2.82. The van der Waals surface area contributed by atoms with Crippen LogP contribution in [-0.2, 0) is 18.0 Å². The SMILES string of the molecule is COc1cc(/C=C(\C#N)C(=O)Nc2ccc(OCc3ccc(Cl)cc3)cc2)cc(I)c1OCc1c(C)ccc2ccccc12. The van der Waals surface area contributed by atoms with Crippen LogP contribution >= 0.6 is 34.2 Å². The second-order valence-electron chi connectivity index (χ2n) is 9.97. The molecule has 0 atom stereocenters. The molecule has 0 aliphatic heterocycles. The Kier molecular flexibility index (Phi) is 10.1. The van der Waals surface area contributed by atoms with Gasteiger partial charge in [0.1, 0.15) is 30.6 Å². The monoisotopic (exact) mass is 714 g/mol. The maximum Gasteiger partial charge on any atom is 0.266 e. The topological polar surface area (TPSA) is 80.6 Å². The van der Waals surface area contributed by atoms with E-state index in [1.165, 1.54) is 6.08 Å². The zero-order valence-corrected chi connectivity index (χ0v) is 27.0. The third-order valence-electron chi connectivity index (χ3n) is 6.99. The minimum absolute atomic E-state index is 0.0500. The molecule has 220 valence electrons. The number of amides is 1. The molecule has 44 heavy (non-hydrogen) atoms. The van der Waals surface area contributed by atoms with Crippen LogP contribution in [-0.4, -0.2) is 13.0 Å². The lowest BCUT2D eigenvalue weighted by Crippen LogP contribution is -2.13. The van der Waals surface area contributed by atoms with E-state index in [2.05, 4.69) is 59.1 Å². The lowest BCUT2D eigenvalue weighted by molar-refractivity contribution is -0.112. The number of aryl methyl sites for hydroxylation is 1. The van der Waals surface area contributed by atoms with Gasteiger partial charge in [0.05, 0.1) is 10.7 Å². The van der Waals surface area contributed by atoms with Crippen molar-refractivity contribution >= 4 is 62.6 Å². The molecule has 0 spiro atoms. The van der Waals surface area contributed by atoms with Gasteiger partial charge in [0.2, 0.25) is 0 Å². The average Bonchev–Trinajstić information content (AvgIpc) is 3.04. The number of nitrogens with zero attached hydrogens (tertiary/aromatic N) is 1. The van der Waals surface area contributed by atoms with Crippen molar-refractivity contribution in [1.29, 1.82) is 5.26 Å². The third kappa shape index (κ3) is 7.51. The summed E-state index contributed by atoms with van der Waals surface area (Å²) in [5, 5.41) is 15.5. The van der Waals surface area contributed by atoms with Crippen molar-refractivity contribution in [3.63, 3.8) is 0 Å². The van der Waals surface area contributed by atoms with Gasteiger partial charge >= 0.3 is 0 Å². The van der Waals surface area contributed by atoms with Gasteiger partial charge in [-0.2, -0.15) is 5.26 Å². The van der Waals surface area contributed by atoms with Crippen molar-refractivity contribution in [1.82, 2.24) is 0 Å². The number of methoxy groups -OCH3 is 1. The first-order valence-corrected chi connectivity index (χ1v) is 15.2. The number of anilines is 1. The van der Waals surface area contributed by atoms with Gasteiger partial charge in [-0.15, -0.1) is 0 Å². The molecule has 8 heteroatoms. The highest BCUT2D eigenvalue weighted by atomic mass is 127. The molecule has 0 fully saturated rings. The molecule has 5 aromatic rings. The van der Waals surface area contributed by atoms with E-state index in [0.29, 0.717) is 46.7 Å². The summed E-state index contributed by atoms with van der Waals surface area (Å²) in [6.07, 6.45) is 1.53. The van der Waals surface area contributed by atoms with Crippen molar-refractivity contribution in [2.24, 2.45) is 0 Å². The summed E-state index contributed by atoms with van der Waals surface area (Å²) < 4.78 is 18.5. The summed E-state index contributed by atoms with van der Waals surface area (Å²) in [7, 11) is 1.57. The van der Waals surface area contributed by atoms with Crippen molar-refractivity contribution in [3.8, 4) is 23.3 Å². The Hall–Kier alpha value is -4.52. The second-order valence-corrected chi connectivity index (χ2v) is 11.6. The highest BCUT2D eigenvalue weighted by Gasteiger charge is 2.16. The number of carbonyl (C=O) groups excluding carboxylic acids is 1. The van der Waals surface area contributed by atoms with Crippen LogP contribution < -0.4 is 19.5 Å². The number of hydrogen-bond donors (Lipinski definition) is 1. The zero-order chi connectivity index (χ0) is 31.1. The Morgan fingerprint density at radius 1 is 0.955 bits per heavy atom. The molecule has 1 amide bonds. The Bertz CT molecular complexity index is 1880. The van der Waals surface area contributed by atoms with Crippen molar-refractivity contribution in [2.45, 2.75) is 20.1 Å². The highest BCUT2D eigenvalue weighted by molar-refractivity contribution is 14.1. The first-order chi connectivity index (χ1) is 21.3. The molecule has 5 rings (SSSR count). The van der Waals surface area contributed by atoms with Gasteiger partial charge in [0.25, 0.3) is 5.91 Å². The summed E-state index contributed by atoms with van der Waals surface area (Å²) in [5.74, 6) is 1.23. The largest absolute Gasteiger partial charge is 0.493 e. The van der Waals surface area contributed by atoms with Crippen LogP contribution in [0.3, 0.4) is 0 Å². The Balaban J connectivity index is 1.27. The van der Waals surface area contributed by atoms with E-state index >= 15 is 0 Å². The molecular weight excluding hydrogens is 687 g/mol. The highest BCUT2D eigenvalue weighted by Crippen LogP contribution is 2.36. The normalized spacial score (nSPS) is 11.1. The number of benzene rings is 5. The summed E-state index contributed by atoms with van der Waals surface area (Å²) in [4.78, 5) is 13.0. The predicted octanol–water partition coefficient (Wildman–Crippen LogP) is 9.12. The van der Waals surface area contributed by atoms with Gasteiger partial charge in [-0.25, -0.2) is 0 Å². The number of nitrogens with one attached hydrogen (secondary N) is 1. The van der Waals surface area contributed by atoms with Crippen LogP contribution in [0, 0.1) is 21.8 Å². The number of nitriles is 1. The average molecular weight is 715 g/mol. The molecule has 0 radical (unpaired) electrons. The molecule has 5 aromatic carbocycles. The Morgan fingerprint density at radius 2 is 1.70 bits per heavy atom. The van der Waals surface area contributed by atoms with Crippen LogP contribution in [0.5, 0.6) is 17.2 Å². The van der Waals surface area contributed by atoms with Crippen LogP contribution in [0.15, 0.2) is 103 Å². The van der Waals surface area contributed by atoms with E-state index in [1.807, 2.05) is 48.5 Å². The molecule has 0 aromatic heterocycles. The predicted molar refractivity (Wildman–Crippen MR) is 183 cm³/mol. The molecular formula is C36H28ClIN2O4. The Morgan fingerprint density at radius 3 is 2.43 bits per heavy atom. The maximum atomic E-state index is 13.0.